The zero-order valence-corrected chi connectivity index (χ0v) is 12.3. The van der Waals surface area contributed by atoms with Crippen LogP contribution in [0.2, 0.25) is 0 Å². The van der Waals surface area contributed by atoms with E-state index in [2.05, 4.69) is 0 Å². The fourth-order valence-corrected chi connectivity index (χ4v) is 3.59. The van der Waals surface area contributed by atoms with Crippen molar-refractivity contribution in [1.29, 1.82) is 0 Å². The van der Waals surface area contributed by atoms with Crippen LogP contribution in [0.25, 0.3) is 0 Å². The number of halogens is 1. The zero-order valence-electron chi connectivity index (χ0n) is 10.7. The first-order valence-corrected chi connectivity index (χ1v) is 7.70. The van der Waals surface area contributed by atoms with Gasteiger partial charge in [0.1, 0.15) is 5.76 Å². The molecule has 19 heavy (non-hydrogen) atoms. The third-order valence-corrected chi connectivity index (χ3v) is 5.12. The van der Waals surface area contributed by atoms with Crippen molar-refractivity contribution in [2.75, 3.05) is 27.3 Å². The van der Waals surface area contributed by atoms with Crippen LogP contribution in [0.4, 0.5) is 0 Å². The van der Waals surface area contributed by atoms with Crippen LogP contribution in [0.3, 0.4) is 0 Å². The first-order chi connectivity index (χ1) is 9.02. The maximum Gasteiger partial charge on any atom is 0.276 e. The Balaban J connectivity index is 2.21. The Hall–Kier alpha value is -0.600. The summed E-state index contributed by atoms with van der Waals surface area (Å²) in [5.74, 6) is 0.558. The Morgan fingerprint density at radius 2 is 1.89 bits per heavy atom. The van der Waals surface area contributed by atoms with Gasteiger partial charge in [-0.15, -0.1) is 11.6 Å². The maximum atomic E-state index is 12.4. The van der Waals surface area contributed by atoms with E-state index in [1.165, 1.54) is 24.6 Å². The van der Waals surface area contributed by atoms with Gasteiger partial charge in [0.2, 0.25) is 5.09 Å². The fourth-order valence-electron chi connectivity index (χ4n) is 2.06. The van der Waals surface area contributed by atoms with Gasteiger partial charge in [0, 0.05) is 27.3 Å². The van der Waals surface area contributed by atoms with Gasteiger partial charge in [0.05, 0.1) is 18.1 Å². The van der Waals surface area contributed by atoms with Crippen LogP contribution in [-0.2, 0) is 25.4 Å². The van der Waals surface area contributed by atoms with Crippen LogP contribution in [0.5, 0.6) is 0 Å². The largest absolute Gasteiger partial charge is 0.447 e. The molecule has 0 aliphatic carbocycles. The van der Waals surface area contributed by atoms with Gasteiger partial charge in [-0.3, -0.25) is 0 Å². The van der Waals surface area contributed by atoms with Gasteiger partial charge < -0.3 is 13.9 Å². The van der Waals surface area contributed by atoms with Crippen LogP contribution in [0, 0.1) is 0 Å². The molecule has 0 N–H and O–H groups in total. The van der Waals surface area contributed by atoms with Gasteiger partial charge in [-0.05, 0) is 12.1 Å². The van der Waals surface area contributed by atoms with E-state index < -0.39 is 10.0 Å². The van der Waals surface area contributed by atoms with Gasteiger partial charge >= 0.3 is 0 Å². The molecule has 1 aromatic rings. The van der Waals surface area contributed by atoms with Crippen molar-refractivity contribution < 1.29 is 22.3 Å². The third kappa shape index (κ3) is 2.80. The number of nitrogens with zero attached hydrogens (tertiary/aromatic N) is 1. The highest BCUT2D eigenvalue weighted by molar-refractivity contribution is 7.89. The molecule has 1 aliphatic heterocycles. The molecule has 2 atom stereocenters. The molecule has 1 saturated heterocycles. The fraction of sp³-hybridized carbons (Fsp3) is 0.636. The number of hydrogen-bond acceptors (Lipinski definition) is 5. The number of furan rings is 1. The Morgan fingerprint density at radius 3 is 2.32 bits per heavy atom. The minimum atomic E-state index is -3.67. The molecule has 0 spiro atoms. The summed E-state index contributed by atoms with van der Waals surface area (Å²) < 4.78 is 41.7. The molecule has 108 valence electrons. The van der Waals surface area contributed by atoms with Crippen molar-refractivity contribution in [3.8, 4) is 0 Å². The van der Waals surface area contributed by atoms with Crippen LogP contribution < -0.4 is 0 Å². The van der Waals surface area contributed by atoms with Gasteiger partial charge in [-0.1, -0.05) is 0 Å². The number of sulfonamides is 1. The van der Waals surface area contributed by atoms with Crippen molar-refractivity contribution in [1.82, 2.24) is 4.31 Å². The van der Waals surface area contributed by atoms with Crippen molar-refractivity contribution in [2.24, 2.45) is 0 Å². The standard InChI is InChI=1S/C11H16ClNO5S/c1-16-9-6-13(7-10(9)17-2)19(14,15)11-4-3-8(5-12)18-11/h3-4,9-10H,5-7H2,1-2H3. The Bertz CT molecular complexity index is 517. The molecule has 0 bridgehead atoms. The lowest BCUT2D eigenvalue weighted by atomic mass is 10.3. The summed E-state index contributed by atoms with van der Waals surface area (Å²) in [6.07, 6.45) is -0.551. The molecule has 2 heterocycles. The lowest BCUT2D eigenvalue weighted by Crippen LogP contribution is -2.29. The van der Waals surface area contributed by atoms with Crippen molar-refractivity contribution in [2.45, 2.75) is 23.2 Å². The molecule has 8 heteroatoms. The number of methoxy groups -OCH3 is 2. The first-order valence-electron chi connectivity index (χ1n) is 5.73. The molecule has 0 radical (unpaired) electrons. The number of hydrogen-bond donors (Lipinski definition) is 0. The summed E-state index contributed by atoms with van der Waals surface area (Å²) in [5.41, 5.74) is 0. The average Bonchev–Trinajstić information content (AvgIpc) is 3.05. The van der Waals surface area contributed by atoms with Crippen molar-refractivity contribution in [3.05, 3.63) is 17.9 Å². The SMILES string of the molecule is COC1CN(S(=O)(=O)c2ccc(CCl)o2)CC1OC. The minimum Gasteiger partial charge on any atom is -0.447 e. The highest BCUT2D eigenvalue weighted by atomic mass is 35.5. The normalized spacial score (nSPS) is 25.0. The van der Waals surface area contributed by atoms with Crippen molar-refractivity contribution in [3.63, 3.8) is 0 Å². The monoisotopic (exact) mass is 309 g/mol. The molecule has 6 nitrogen and oxygen atoms in total. The number of rotatable bonds is 5. The molecular formula is C11H16ClNO5S. The molecule has 1 aromatic heterocycles. The highest BCUT2D eigenvalue weighted by Gasteiger charge is 2.41. The quantitative estimate of drug-likeness (QED) is 0.761. The van der Waals surface area contributed by atoms with Crippen LogP contribution >= 0.6 is 11.6 Å². The second-order valence-electron chi connectivity index (χ2n) is 4.22. The highest BCUT2D eigenvalue weighted by Crippen LogP contribution is 2.25. The van der Waals surface area contributed by atoms with Gasteiger partial charge in [0.25, 0.3) is 10.0 Å². The lowest BCUT2D eigenvalue weighted by Gasteiger charge is -2.13. The van der Waals surface area contributed by atoms with E-state index in [0.717, 1.165) is 0 Å². The smallest absolute Gasteiger partial charge is 0.276 e. The van der Waals surface area contributed by atoms with Crippen LogP contribution in [0.15, 0.2) is 21.6 Å². The maximum absolute atomic E-state index is 12.4. The summed E-state index contributed by atoms with van der Waals surface area (Å²) in [6.45, 7) is 0.489. The van der Waals surface area contributed by atoms with Gasteiger partial charge in [-0.2, -0.15) is 4.31 Å². The van der Waals surface area contributed by atoms with Gasteiger partial charge in [0.15, 0.2) is 0 Å². The van der Waals surface area contributed by atoms with Crippen LogP contribution in [-0.4, -0.2) is 52.2 Å². The molecule has 1 aliphatic rings. The van der Waals surface area contributed by atoms with E-state index in [-0.39, 0.29) is 36.3 Å². The predicted molar refractivity (Wildman–Crippen MR) is 68.6 cm³/mol. The van der Waals surface area contributed by atoms with E-state index in [1.807, 2.05) is 0 Å². The molecule has 2 rings (SSSR count). The van der Waals surface area contributed by atoms with E-state index in [9.17, 15) is 8.42 Å². The molecule has 0 amide bonds. The zero-order chi connectivity index (χ0) is 14.0. The molecule has 0 aromatic carbocycles. The summed E-state index contributed by atoms with van der Waals surface area (Å²) in [5, 5.41) is -0.102. The van der Waals surface area contributed by atoms with E-state index in [4.69, 9.17) is 25.5 Å². The summed E-state index contributed by atoms with van der Waals surface area (Å²) in [4.78, 5) is 0. The Morgan fingerprint density at radius 1 is 1.32 bits per heavy atom. The van der Waals surface area contributed by atoms with Crippen molar-refractivity contribution >= 4 is 21.6 Å². The van der Waals surface area contributed by atoms with Gasteiger partial charge in [-0.25, -0.2) is 8.42 Å². The second kappa shape index (κ2) is 5.80. The van der Waals surface area contributed by atoms with Crippen LogP contribution in [0.1, 0.15) is 5.76 Å². The third-order valence-electron chi connectivity index (χ3n) is 3.15. The average molecular weight is 310 g/mol. The Kier molecular flexibility index (Phi) is 4.52. The molecule has 0 saturated carbocycles. The summed E-state index contributed by atoms with van der Waals surface area (Å²) in [7, 11) is -0.600. The summed E-state index contributed by atoms with van der Waals surface area (Å²) >= 11 is 5.60. The second-order valence-corrected chi connectivity index (χ2v) is 6.36. The van der Waals surface area contributed by atoms with E-state index in [0.29, 0.717) is 5.76 Å². The first kappa shape index (κ1) is 14.8. The summed E-state index contributed by atoms with van der Waals surface area (Å²) in [6, 6.07) is 2.96. The number of alkyl halides is 1. The molecular weight excluding hydrogens is 294 g/mol. The Labute approximate surface area is 117 Å². The number of ether oxygens (including phenoxy) is 2. The molecule has 2 unspecified atom stereocenters. The lowest BCUT2D eigenvalue weighted by molar-refractivity contribution is -0.00461. The minimum absolute atomic E-state index is 0.102. The van der Waals surface area contributed by atoms with E-state index in [1.54, 1.807) is 6.07 Å². The van der Waals surface area contributed by atoms with E-state index >= 15 is 0 Å². The topological polar surface area (TPSA) is 69.0 Å². The predicted octanol–water partition coefficient (Wildman–Crippen LogP) is 1.05. The molecule has 1 fully saturated rings.